The fourth-order valence-electron chi connectivity index (χ4n) is 2.77. The molecule has 126 valence electrons. The average molecular weight is 331 g/mol. The number of benzene rings is 2. The molecule has 4 nitrogen and oxygen atoms in total. The molecule has 1 aliphatic carbocycles. The lowest BCUT2D eigenvalue weighted by atomic mass is 10.1. The Balaban J connectivity index is 1.70. The molecule has 6 heteroatoms. The van der Waals surface area contributed by atoms with Crippen LogP contribution in [-0.2, 0) is 11.3 Å². The fraction of sp³-hybridized carbons (Fsp3) is 0.278. The van der Waals surface area contributed by atoms with Gasteiger partial charge in [0.1, 0.15) is 11.6 Å². The summed E-state index contributed by atoms with van der Waals surface area (Å²) in [4.78, 5) is 4.33. The number of nitrogens with two attached hydrogens (primary N) is 1. The Morgan fingerprint density at radius 1 is 1.21 bits per heavy atom. The molecule has 0 aliphatic heterocycles. The largest absolute Gasteiger partial charge is 0.380 e. The zero-order valence-corrected chi connectivity index (χ0v) is 13.3. The number of anilines is 1. The summed E-state index contributed by atoms with van der Waals surface area (Å²) in [7, 11) is 1.62. The highest BCUT2D eigenvalue weighted by molar-refractivity contribution is 5.93. The lowest BCUT2D eigenvalue weighted by Crippen LogP contribution is -2.24. The third-order valence-electron chi connectivity index (χ3n) is 4.01. The van der Waals surface area contributed by atoms with E-state index < -0.39 is 11.6 Å². The summed E-state index contributed by atoms with van der Waals surface area (Å²) in [5, 5.41) is 3.03. The van der Waals surface area contributed by atoms with Crippen LogP contribution >= 0.6 is 0 Å². The monoisotopic (exact) mass is 331 g/mol. The summed E-state index contributed by atoms with van der Waals surface area (Å²) in [6, 6.07) is 11.3. The van der Waals surface area contributed by atoms with Crippen LogP contribution in [0.15, 0.2) is 47.5 Å². The second-order valence-corrected chi connectivity index (χ2v) is 5.77. The van der Waals surface area contributed by atoms with E-state index in [-0.39, 0.29) is 23.5 Å². The predicted octanol–water partition coefficient (Wildman–Crippen LogP) is 3.39. The zero-order chi connectivity index (χ0) is 17.1. The highest BCUT2D eigenvalue weighted by atomic mass is 19.1. The Morgan fingerprint density at radius 2 is 1.92 bits per heavy atom. The average Bonchev–Trinajstić information content (AvgIpc) is 3.28. The molecule has 1 saturated carbocycles. The maximum atomic E-state index is 13.8. The molecule has 3 N–H and O–H groups in total. The van der Waals surface area contributed by atoms with Gasteiger partial charge in [-0.15, -0.1) is 0 Å². The van der Waals surface area contributed by atoms with Gasteiger partial charge in [0.2, 0.25) is 0 Å². The third-order valence-corrected chi connectivity index (χ3v) is 4.01. The van der Waals surface area contributed by atoms with Crippen LogP contribution in [0.2, 0.25) is 0 Å². The molecule has 0 saturated heterocycles. The minimum atomic E-state index is -0.533. The van der Waals surface area contributed by atoms with Gasteiger partial charge in [-0.3, -0.25) is 0 Å². The molecule has 2 aromatic carbocycles. The standard InChI is InChI=1S/C18H19F2N3O/c1-24-10-11-5-2-3-8-15(11)22-18(21)23-16-9-12(16)17-13(19)6-4-7-14(17)20/h2-8,12,16H,9-10H2,1H3,(H3,21,22,23)/t12-,16-/m1/s1. The second-order valence-electron chi connectivity index (χ2n) is 5.77. The van der Waals surface area contributed by atoms with Gasteiger partial charge in [0.05, 0.1) is 12.6 Å². The van der Waals surface area contributed by atoms with Crippen molar-refractivity contribution in [1.29, 1.82) is 0 Å². The van der Waals surface area contributed by atoms with E-state index in [1.165, 1.54) is 18.2 Å². The molecule has 0 amide bonds. The number of guanidine groups is 1. The predicted molar refractivity (Wildman–Crippen MR) is 89.9 cm³/mol. The Labute approximate surface area is 139 Å². The molecule has 3 rings (SSSR count). The van der Waals surface area contributed by atoms with Crippen LogP contribution in [0, 0.1) is 11.6 Å². The smallest absolute Gasteiger partial charge is 0.193 e. The number of para-hydroxylation sites is 1. The molecule has 1 aliphatic rings. The number of ether oxygens (including phenoxy) is 1. The number of rotatable bonds is 5. The number of hydrogen-bond donors (Lipinski definition) is 2. The van der Waals surface area contributed by atoms with E-state index in [0.29, 0.717) is 13.0 Å². The van der Waals surface area contributed by atoms with Gasteiger partial charge < -0.3 is 15.8 Å². The van der Waals surface area contributed by atoms with Crippen molar-refractivity contribution in [2.24, 2.45) is 10.7 Å². The van der Waals surface area contributed by atoms with E-state index in [9.17, 15) is 8.78 Å². The molecule has 2 atom stereocenters. The van der Waals surface area contributed by atoms with Gasteiger partial charge in [0.25, 0.3) is 0 Å². The summed E-state index contributed by atoms with van der Waals surface area (Å²) in [6.07, 6.45) is 0.583. The number of methoxy groups -OCH3 is 1. The molecule has 0 unspecified atom stereocenters. The zero-order valence-electron chi connectivity index (χ0n) is 13.3. The second kappa shape index (κ2) is 6.97. The molecule has 24 heavy (non-hydrogen) atoms. The van der Waals surface area contributed by atoms with Crippen LogP contribution in [0.25, 0.3) is 0 Å². The van der Waals surface area contributed by atoms with Crippen LogP contribution < -0.4 is 11.1 Å². The normalized spacial score (nSPS) is 20.0. The van der Waals surface area contributed by atoms with Crippen molar-refractivity contribution in [2.45, 2.75) is 25.0 Å². The summed E-state index contributed by atoms with van der Waals surface area (Å²) < 4.78 is 32.7. The molecule has 0 heterocycles. The van der Waals surface area contributed by atoms with Crippen LogP contribution in [0.3, 0.4) is 0 Å². The molecule has 0 aromatic heterocycles. The van der Waals surface area contributed by atoms with Gasteiger partial charge in [-0.25, -0.2) is 13.8 Å². The van der Waals surface area contributed by atoms with E-state index in [1.807, 2.05) is 24.3 Å². The maximum Gasteiger partial charge on any atom is 0.193 e. The summed E-state index contributed by atoms with van der Waals surface area (Å²) in [6.45, 7) is 0.447. The first kappa shape index (κ1) is 16.4. The minimum Gasteiger partial charge on any atom is -0.380 e. The van der Waals surface area contributed by atoms with Crippen molar-refractivity contribution in [1.82, 2.24) is 0 Å². The van der Waals surface area contributed by atoms with Gasteiger partial charge >= 0.3 is 0 Å². The minimum absolute atomic E-state index is 0.0961. The van der Waals surface area contributed by atoms with E-state index >= 15 is 0 Å². The van der Waals surface area contributed by atoms with Crippen molar-refractivity contribution >= 4 is 11.6 Å². The van der Waals surface area contributed by atoms with E-state index in [1.54, 1.807) is 7.11 Å². The lowest BCUT2D eigenvalue weighted by molar-refractivity contribution is 0.185. The SMILES string of the molecule is COCc1ccccc1NC(N)=N[C@@H]1C[C@H]1c1c(F)cccc1F. The molecule has 2 aromatic rings. The Bertz CT molecular complexity index is 743. The molecular formula is C18H19F2N3O. The van der Waals surface area contributed by atoms with Crippen LogP contribution in [0.4, 0.5) is 14.5 Å². The Morgan fingerprint density at radius 3 is 2.62 bits per heavy atom. The van der Waals surface area contributed by atoms with Gasteiger partial charge in [0.15, 0.2) is 5.96 Å². The highest BCUT2D eigenvalue weighted by Gasteiger charge is 2.42. The fourth-order valence-corrected chi connectivity index (χ4v) is 2.77. The first-order valence-corrected chi connectivity index (χ1v) is 7.71. The van der Waals surface area contributed by atoms with Crippen molar-refractivity contribution in [3.05, 3.63) is 65.2 Å². The molecular weight excluding hydrogens is 312 g/mol. The number of halogens is 2. The van der Waals surface area contributed by atoms with E-state index in [4.69, 9.17) is 10.5 Å². The molecule has 0 bridgehead atoms. The van der Waals surface area contributed by atoms with Crippen LogP contribution in [0.1, 0.15) is 23.5 Å². The maximum absolute atomic E-state index is 13.8. The lowest BCUT2D eigenvalue weighted by Gasteiger charge is -2.11. The quantitative estimate of drug-likeness (QED) is 0.652. The number of nitrogens with one attached hydrogen (secondary N) is 1. The van der Waals surface area contributed by atoms with Gasteiger partial charge in [-0.1, -0.05) is 24.3 Å². The van der Waals surface area contributed by atoms with Crippen molar-refractivity contribution in [2.75, 3.05) is 12.4 Å². The van der Waals surface area contributed by atoms with Crippen molar-refractivity contribution in [3.8, 4) is 0 Å². The first-order chi connectivity index (χ1) is 11.6. The Kier molecular flexibility index (Phi) is 4.76. The van der Waals surface area contributed by atoms with Gasteiger partial charge in [-0.2, -0.15) is 0 Å². The summed E-state index contributed by atoms with van der Waals surface area (Å²) in [5.41, 5.74) is 7.79. The molecule has 0 spiro atoms. The van der Waals surface area contributed by atoms with Gasteiger partial charge in [-0.05, 0) is 24.6 Å². The number of aliphatic imine (C=N–C) groups is 1. The van der Waals surface area contributed by atoms with Crippen LogP contribution in [-0.4, -0.2) is 19.1 Å². The van der Waals surface area contributed by atoms with Crippen LogP contribution in [0.5, 0.6) is 0 Å². The Hall–Kier alpha value is -2.47. The van der Waals surface area contributed by atoms with Crippen molar-refractivity contribution < 1.29 is 13.5 Å². The van der Waals surface area contributed by atoms with Gasteiger partial charge in [0, 0.05) is 29.8 Å². The topological polar surface area (TPSA) is 59.6 Å². The third kappa shape index (κ3) is 3.54. The van der Waals surface area contributed by atoms with E-state index in [0.717, 1.165) is 11.3 Å². The molecule has 0 radical (unpaired) electrons. The summed E-state index contributed by atoms with van der Waals surface area (Å²) >= 11 is 0. The number of hydrogen-bond acceptors (Lipinski definition) is 2. The first-order valence-electron chi connectivity index (χ1n) is 7.71. The highest BCUT2D eigenvalue weighted by Crippen LogP contribution is 2.45. The number of nitrogens with zero attached hydrogens (tertiary/aromatic N) is 1. The van der Waals surface area contributed by atoms with E-state index in [2.05, 4.69) is 10.3 Å². The molecule has 1 fully saturated rings. The van der Waals surface area contributed by atoms with Crippen molar-refractivity contribution in [3.63, 3.8) is 0 Å². The summed E-state index contributed by atoms with van der Waals surface area (Å²) in [5.74, 6) is -1.10.